The second kappa shape index (κ2) is 16.0. The number of nitro groups is 1. The van der Waals surface area contributed by atoms with Gasteiger partial charge in [-0.3, -0.25) is 10.1 Å². The summed E-state index contributed by atoms with van der Waals surface area (Å²) in [6.45, 7) is 2.89. The maximum absolute atomic E-state index is 12.2. The van der Waals surface area contributed by atoms with Crippen LogP contribution in [0.3, 0.4) is 0 Å². The summed E-state index contributed by atoms with van der Waals surface area (Å²) in [5.41, 5.74) is 0.0982. The van der Waals surface area contributed by atoms with Gasteiger partial charge in [0, 0.05) is 44.6 Å². The van der Waals surface area contributed by atoms with Crippen molar-refractivity contribution in [2.45, 2.75) is 6.92 Å². The van der Waals surface area contributed by atoms with E-state index in [0.717, 1.165) is 0 Å². The molecule has 0 aliphatic heterocycles. The minimum absolute atomic E-state index is 0.0627. The van der Waals surface area contributed by atoms with E-state index in [-0.39, 0.29) is 66.8 Å². The van der Waals surface area contributed by atoms with Crippen molar-refractivity contribution >= 4 is 11.7 Å². The number of ether oxygens (including phenoxy) is 8. The Bertz CT molecular complexity index is 1230. The standard InChI is InChI=1S/C26H30N2O12/c1-4-36-26(29)21-15-24(40-27-21)25-22(38-17-35-12-10-33-3)13-20(37-16-34-11-9-32-2)14-23(25)39-19-7-5-18(6-8-19)28(30)31/h5-8,13-15H,4,9-12,16-17H2,1-3H3. The first-order chi connectivity index (χ1) is 19.5. The molecule has 0 unspecified atom stereocenters. The number of non-ortho nitro benzene ring substituents is 1. The Kier molecular flexibility index (Phi) is 12.1. The summed E-state index contributed by atoms with van der Waals surface area (Å²) >= 11 is 0. The monoisotopic (exact) mass is 562 g/mol. The lowest BCUT2D eigenvalue weighted by atomic mass is 10.1. The van der Waals surface area contributed by atoms with Crippen molar-refractivity contribution in [1.29, 1.82) is 0 Å². The summed E-state index contributed by atoms with van der Waals surface area (Å²) in [4.78, 5) is 22.8. The molecule has 216 valence electrons. The number of rotatable bonds is 18. The van der Waals surface area contributed by atoms with Gasteiger partial charge >= 0.3 is 5.97 Å². The maximum Gasteiger partial charge on any atom is 0.360 e. The molecular weight excluding hydrogens is 532 g/mol. The topological polar surface area (TPSA) is 160 Å². The Morgan fingerprint density at radius 3 is 2.17 bits per heavy atom. The zero-order chi connectivity index (χ0) is 28.7. The van der Waals surface area contributed by atoms with Crippen LogP contribution in [0.25, 0.3) is 11.3 Å². The summed E-state index contributed by atoms with van der Waals surface area (Å²) in [5, 5.41) is 14.9. The molecule has 0 radical (unpaired) electrons. The van der Waals surface area contributed by atoms with Crippen LogP contribution in [0.2, 0.25) is 0 Å². The third-order valence-electron chi connectivity index (χ3n) is 5.03. The number of esters is 1. The molecule has 1 heterocycles. The first kappa shape index (κ1) is 30.3. The van der Waals surface area contributed by atoms with E-state index in [1.165, 1.54) is 30.3 Å². The summed E-state index contributed by atoms with van der Waals surface area (Å²) < 4.78 is 48.9. The fourth-order valence-corrected chi connectivity index (χ4v) is 3.16. The van der Waals surface area contributed by atoms with Crippen molar-refractivity contribution in [1.82, 2.24) is 5.16 Å². The molecule has 40 heavy (non-hydrogen) atoms. The predicted octanol–water partition coefficient (Wildman–Crippen LogP) is 4.22. The number of hydrogen-bond donors (Lipinski definition) is 0. The van der Waals surface area contributed by atoms with Crippen LogP contribution in [-0.4, -0.2) is 76.9 Å². The fraction of sp³-hybridized carbons (Fsp3) is 0.385. The minimum atomic E-state index is -0.672. The number of methoxy groups -OCH3 is 2. The second-order valence-electron chi connectivity index (χ2n) is 7.77. The highest BCUT2D eigenvalue weighted by Gasteiger charge is 2.24. The Balaban J connectivity index is 2.01. The summed E-state index contributed by atoms with van der Waals surface area (Å²) in [6, 6.07) is 9.94. The normalized spacial score (nSPS) is 10.8. The van der Waals surface area contributed by atoms with Gasteiger partial charge in [0.15, 0.2) is 25.0 Å². The molecule has 14 heteroatoms. The van der Waals surface area contributed by atoms with Gasteiger partial charge in [-0.15, -0.1) is 0 Å². The van der Waals surface area contributed by atoms with E-state index < -0.39 is 10.9 Å². The molecule has 3 aromatic rings. The molecule has 0 fully saturated rings. The highest BCUT2D eigenvalue weighted by molar-refractivity contribution is 5.89. The van der Waals surface area contributed by atoms with Gasteiger partial charge in [0.05, 0.1) is 38.0 Å². The lowest BCUT2D eigenvalue weighted by Crippen LogP contribution is -2.10. The van der Waals surface area contributed by atoms with Gasteiger partial charge in [-0.05, 0) is 19.1 Å². The first-order valence-electron chi connectivity index (χ1n) is 12.1. The third kappa shape index (κ3) is 8.91. The van der Waals surface area contributed by atoms with E-state index in [1.54, 1.807) is 33.3 Å². The number of carbonyl (C=O) groups excluding carboxylic acids is 1. The molecule has 0 saturated carbocycles. The molecule has 3 rings (SSSR count). The molecule has 2 aromatic carbocycles. The van der Waals surface area contributed by atoms with E-state index >= 15 is 0 Å². The van der Waals surface area contributed by atoms with Crippen LogP contribution < -0.4 is 14.2 Å². The van der Waals surface area contributed by atoms with Gasteiger partial charge < -0.3 is 42.4 Å². The van der Waals surface area contributed by atoms with E-state index in [4.69, 9.17) is 42.4 Å². The van der Waals surface area contributed by atoms with Crippen LogP contribution in [0.5, 0.6) is 23.0 Å². The molecule has 0 aliphatic rings. The summed E-state index contributed by atoms with van der Waals surface area (Å²) in [5.74, 6) is 0.392. The third-order valence-corrected chi connectivity index (χ3v) is 5.03. The van der Waals surface area contributed by atoms with Crippen LogP contribution in [0.1, 0.15) is 17.4 Å². The van der Waals surface area contributed by atoms with E-state index in [9.17, 15) is 14.9 Å². The van der Waals surface area contributed by atoms with Crippen molar-refractivity contribution in [3.05, 3.63) is 58.3 Å². The van der Waals surface area contributed by atoms with Crippen LogP contribution in [0.4, 0.5) is 5.69 Å². The number of carbonyl (C=O) groups is 1. The highest BCUT2D eigenvalue weighted by Crippen LogP contribution is 2.44. The van der Waals surface area contributed by atoms with Crippen molar-refractivity contribution in [2.24, 2.45) is 0 Å². The van der Waals surface area contributed by atoms with Crippen molar-refractivity contribution < 1.29 is 52.1 Å². The number of aromatic nitrogens is 1. The largest absolute Gasteiger partial charge is 0.467 e. The highest BCUT2D eigenvalue weighted by atomic mass is 16.7. The van der Waals surface area contributed by atoms with Gasteiger partial charge in [0.2, 0.25) is 0 Å². The van der Waals surface area contributed by atoms with Crippen LogP contribution in [0, 0.1) is 10.1 Å². The summed E-state index contributed by atoms with van der Waals surface area (Å²) in [6.07, 6.45) is 0. The number of benzene rings is 2. The minimum Gasteiger partial charge on any atom is -0.467 e. The van der Waals surface area contributed by atoms with Crippen molar-refractivity contribution in [2.75, 3.05) is 60.8 Å². The molecule has 0 spiro atoms. The molecule has 0 atom stereocenters. The molecule has 0 saturated heterocycles. The molecule has 0 N–H and O–H groups in total. The van der Waals surface area contributed by atoms with E-state index in [0.29, 0.717) is 25.6 Å². The van der Waals surface area contributed by atoms with Gasteiger partial charge in [-0.2, -0.15) is 0 Å². The van der Waals surface area contributed by atoms with Gasteiger partial charge in [0.25, 0.3) is 5.69 Å². The Hall–Kier alpha value is -4.24. The average molecular weight is 563 g/mol. The van der Waals surface area contributed by atoms with Crippen molar-refractivity contribution in [3.8, 4) is 34.3 Å². The van der Waals surface area contributed by atoms with Gasteiger partial charge in [-0.25, -0.2) is 4.79 Å². The quantitative estimate of drug-likeness (QED) is 0.0713. The Labute approximate surface area is 229 Å². The molecule has 0 amide bonds. The van der Waals surface area contributed by atoms with Crippen LogP contribution >= 0.6 is 0 Å². The predicted molar refractivity (Wildman–Crippen MR) is 138 cm³/mol. The van der Waals surface area contributed by atoms with Gasteiger partial charge in [-0.1, -0.05) is 5.16 Å². The first-order valence-corrected chi connectivity index (χ1v) is 12.1. The fourth-order valence-electron chi connectivity index (χ4n) is 3.16. The van der Waals surface area contributed by atoms with Gasteiger partial charge in [0.1, 0.15) is 28.6 Å². The van der Waals surface area contributed by atoms with E-state index in [2.05, 4.69) is 5.16 Å². The molecule has 14 nitrogen and oxygen atoms in total. The molecule has 0 aliphatic carbocycles. The molecule has 1 aromatic heterocycles. The Morgan fingerprint density at radius 1 is 0.900 bits per heavy atom. The van der Waals surface area contributed by atoms with E-state index in [1.807, 2.05) is 0 Å². The summed E-state index contributed by atoms with van der Waals surface area (Å²) in [7, 11) is 3.10. The SMILES string of the molecule is CCOC(=O)c1cc(-c2c(OCOCCOC)cc(OCOCCOC)cc2Oc2ccc([N+](=O)[O-])cc2)on1. The zero-order valence-corrected chi connectivity index (χ0v) is 22.3. The zero-order valence-electron chi connectivity index (χ0n) is 22.3. The second-order valence-corrected chi connectivity index (χ2v) is 7.77. The number of nitrogens with zero attached hydrogens (tertiary/aromatic N) is 2. The van der Waals surface area contributed by atoms with Crippen LogP contribution in [0.15, 0.2) is 47.0 Å². The molecule has 0 bridgehead atoms. The number of hydrogen-bond acceptors (Lipinski definition) is 13. The Morgan fingerprint density at radius 2 is 1.55 bits per heavy atom. The lowest BCUT2D eigenvalue weighted by Gasteiger charge is -2.17. The smallest absolute Gasteiger partial charge is 0.360 e. The van der Waals surface area contributed by atoms with Crippen molar-refractivity contribution in [3.63, 3.8) is 0 Å². The lowest BCUT2D eigenvalue weighted by molar-refractivity contribution is -0.384. The maximum atomic E-state index is 12.2. The molecular formula is C26H30N2O12. The average Bonchev–Trinajstić information content (AvgIpc) is 3.43. The number of nitro benzene ring substituents is 1. The van der Waals surface area contributed by atoms with Crippen LogP contribution in [-0.2, 0) is 23.7 Å².